The van der Waals surface area contributed by atoms with Crippen molar-refractivity contribution in [2.45, 2.75) is 39.2 Å². The van der Waals surface area contributed by atoms with Crippen molar-refractivity contribution < 1.29 is 5.11 Å². The van der Waals surface area contributed by atoms with Crippen molar-refractivity contribution >= 4 is 5.65 Å². The average molecular weight is 273 g/mol. The van der Waals surface area contributed by atoms with E-state index in [1.54, 1.807) is 0 Å². The highest BCUT2D eigenvalue weighted by atomic mass is 16.3. The van der Waals surface area contributed by atoms with Gasteiger partial charge < -0.3 is 14.8 Å². The van der Waals surface area contributed by atoms with E-state index >= 15 is 0 Å². The lowest BCUT2D eigenvalue weighted by Gasteiger charge is -2.26. The molecule has 2 heterocycles. The van der Waals surface area contributed by atoms with Gasteiger partial charge in [0.15, 0.2) is 0 Å². The molecule has 4 nitrogen and oxygen atoms in total. The number of pyridine rings is 1. The van der Waals surface area contributed by atoms with E-state index in [0.29, 0.717) is 6.61 Å². The van der Waals surface area contributed by atoms with E-state index in [4.69, 9.17) is 0 Å². The highest BCUT2D eigenvalue weighted by Gasteiger charge is 2.32. The molecule has 20 heavy (non-hydrogen) atoms. The molecule has 1 fully saturated rings. The van der Waals surface area contributed by atoms with Gasteiger partial charge in [-0.1, -0.05) is 18.9 Å². The molecule has 0 bridgehead atoms. The van der Waals surface area contributed by atoms with Crippen molar-refractivity contribution in [1.29, 1.82) is 0 Å². The SMILES string of the molecule is Cc1nc2ccccn2c1CNCC1(CO)CCCC1. The number of nitrogens with zero attached hydrogens (tertiary/aromatic N) is 2. The fourth-order valence-electron chi connectivity index (χ4n) is 3.34. The number of hydrogen-bond acceptors (Lipinski definition) is 3. The van der Waals surface area contributed by atoms with Crippen LogP contribution in [0, 0.1) is 12.3 Å². The second kappa shape index (κ2) is 5.54. The van der Waals surface area contributed by atoms with Gasteiger partial charge in [0.25, 0.3) is 0 Å². The topological polar surface area (TPSA) is 49.6 Å². The van der Waals surface area contributed by atoms with E-state index in [2.05, 4.69) is 27.8 Å². The van der Waals surface area contributed by atoms with Crippen molar-refractivity contribution in [2.24, 2.45) is 5.41 Å². The number of aryl methyl sites for hydroxylation is 1. The Hall–Kier alpha value is -1.39. The third-order valence-electron chi connectivity index (χ3n) is 4.62. The van der Waals surface area contributed by atoms with Gasteiger partial charge in [0.05, 0.1) is 11.4 Å². The summed E-state index contributed by atoms with van der Waals surface area (Å²) in [6, 6.07) is 6.07. The maximum Gasteiger partial charge on any atom is 0.137 e. The van der Waals surface area contributed by atoms with Crippen molar-refractivity contribution in [3.8, 4) is 0 Å². The van der Waals surface area contributed by atoms with Gasteiger partial charge >= 0.3 is 0 Å². The minimum Gasteiger partial charge on any atom is -0.396 e. The molecule has 0 saturated heterocycles. The van der Waals surface area contributed by atoms with Gasteiger partial charge in [-0.2, -0.15) is 0 Å². The van der Waals surface area contributed by atoms with E-state index in [1.165, 1.54) is 18.5 Å². The van der Waals surface area contributed by atoms with Crippen LogP contribution < -0.4 is 5.32 Å². The summed E-state index contributed by atoms with van der Waals surface area (Å²) in [6.45, 7) is 4.05. The molecule has 0 amide bonds. The number of fused-ring (bicyclic) bond motifs is 1. The summed E-state index contributed by atoms with van der Waals surface area (Å²) in [5.41, 5.74) is 3.40. The van der Waals surface area contributed by atoms with E-state index in [0.717, 1.165) is 37.3 Å². The summed E-state index contributed by atoms with van der Waals surface area (Å²) in [6.07, 6.45) is 6.84. The largest absolute Gasteiger partial charge is 0.396 e. The van der Waals surface area contributed by atoms with Gasteiger partial charge in [-0.15, -0.1) is 0 Å². The highest BCUT2D eigenvalue weighted by Crippen LogP contribution is 2.36. The summed E-state index contributed by atoms with van der Waals surface area (Å²) in [5.74, 6) is 0. The zero-order chi connectivity index (χ0) is 14.0. The molecule has 0 aromatic carbocycles. The maximum absolute atomic E-state index is 9.64. The summed E-state index contributed by atoms with van der Waals surface area (Å²) in [4.78, 5) is 4.57. The molecule has 0 spiro atoms. The van der Waals surface area contributed by atoms with Crippen LogP contribution in [0.1, 0.15) is 37.1 Å². The van der Waals surface area contributed by atoms with Crippen LogP contribution in [0.3, 0.4) is 0 Å². The maximum atomic E-state index is 9.64. The second-order valence-corrected chi connectivity index (χ2v) is 6.04. The quantitative estimate of drug-likeness (QED) is 0.878. The van der Waals surface area contributed by atoms with Gasteiger partial charge in [-0.05, 0) is 31.9 Å². The number of aliphatic hydroxyl groups is 1. The molecule has 2 aromatic heterocycles. The van der Waals surface area contributed by atoms with Crippen LogP contribution in [0.2, 0.25) is 0 Å². The Kier molecular flexibility index (Phi) is 3.76. The highest BCUT2D eigenvalue weighted by molar-refractivity contribution is 5.42. The van der Waals surface area contributed by atoms with Crippen LogP contribution in [0.25, 0.3) is 5.65 Å². The van der Waals surface area contributed by atoms with Crippen molar-refractivity contribution in [1.82, 2.24) is 14.7 Å². The number of aliphatic hydroxyl groups excluding tert-OH is 1. The number of hydrogen-bond donors (Lipinski definition) is 2. The first-order valence-electron chi connectivity index (χ1n) is 7.48. The van der Waals surface area contributed by atoms with Gasteiger partial charge in [-0.25, -0.2) is 4.98 Å². The average Bonchev–Trinajstić information content (AvgIpc) is 3.05. The minimum absolute atomic E-state index is 0.106. The molecule has 0 unspecified atom stereocenters. The van der Waals surface area contributed by atoms with Crippen LogP contribution in [0.15, 0.2) is 24.4 Å². The monoisotopic (exact) mass is 273 g/mol. The van der Waals surface area contributed by atoms with Crippen LogP contribution >= 0.6 is 0 Å². The summed E-state index contributed by atoms with van der Waals surface area (Å²) < 4.78 is 2.14. The third kappa shape index (κ3) is 2.45. The van der Waals surface area contributed by atoms with Crippen molar-refractivity contribution in [3.05, 3.63) is 35.8 Å². The molecule has 0 atom stereocenters. The fourth-order valence-corrected chi connectivity index (χ4v) is 3.34. The van der Waals surface area contributed by atoms with E-state index in [1.807, 2.05) is 18.2 Å². The first-order valence-corrected chi connectivity index (χ1v) is 7.48. The van der Waals surface area contributed by atoms with E-state index in [9.17, 15) is 5.11 Å². The number of rotatable bonds is 5. The third-order valence-corrected chi connectivity index (χ3v) is 4.62. The lowest BCUT2D eigenvalue weighted by Crippen LogP contribution is -2.35. The molecule has 3 rings (SSSR count). The van der Waals surface area contributed by atoms with Gasteiger partial charge in [-0.3, -0.25) is 0 Å². The Balaban J connectivity index is 1.69. The number of aromatic nitrogens is 2. The fraction of sp³-hybridized carbons (Fsp3) is 0.562. The predicted octanol–water partition coefficient (Wildman–Crippen LogP) is 2.29. The Bertz CT molecular complexity index is 584. The van der Waals surface area contributed by atoms with Gasteiger partial charge in [0.1, 0.15) is 5.65 Å². The van der Waals surface area contributed by atoms with Gasteiger partial charge in [0, 0.05) is 31.3 Å². The Morgan fingerprint density at radius 3 is 2.90 bits per heavy atom. The standard InChI is InChI=1S/C16H23N3O/c1-13-14(19-9-5-2-6-15(19)18-13)10-17-11-16(12-20)7-3-4-8-16/h2,5-6,9,17,20H,3-4,7-8,10-12H2,1H3. The minimum atomic E-state index is 0.106. The van der Waals surface area contributed by atoms with E-state index in [-0.39, 0.29) is 5.41 Å². The molecule has 0 radical (unpaired) electrons. The van der Waals surface area contributed by atoms with Crippen molar-refractivity contribution in [2.75, 3.05) is 13.2 Å². The summed E-state index contributed by atoms with van der Waals surface area (Å²) >= 11 is 0. The lowest BCUT2D eigenvalue weighted by molar-refractivity contribution is 0.128. The number of nitrogens with one attached hydrogen (secondary N) is 1. The molecule has 2 N–H and O–H groups in total. The molecule has 0 aliphatic heterocycles. The first kappa shape index (κ1) is 13.6. The van der Waals surface area contributed by atoms with Crippen LogP contribution in [0.5, 0.6) is 0 Å². The smallest absolute Gasteiger partial charge is 0.137 e. The molecular formula is C16H23N3O. The van der Waals surface area contributed by atoms with Crippen LogP contribution in [0.4, 0.5) is 0 Å². The molecular weight excluding hydrogens is 250 g/mol. The van der Waals surface area contributed by atoms with Crippen molar-refractivity contribution in [3.63, 3.8) is 0 Å². The first-order chi connectivity index (χ1) is 9.74. The molecule has 1 aliphatic rings. The Labute approximate surface area is 119 Å². The van der Waals surface area contributed by atoms with Crippen LogP contribution in [-0.2, 0) is 6.54 Å². The van der Waals surface area contributed by atoms with E-state index < -0.39 is 0 Å². The van der Waals surface area contributed by atoms with Crippen LogP contribution in [-0.4, -0.2) is 27.6 Å². The zero-order valence-electron chi connectivity index (χ0n) is 12.1. The second-order valence-electron chi connectivity index (χ2n) is 6.04. The predicted molar refractivity (Wildman–Crippen MR) is 79.6 cm³/mol. The zero-order valence-corrected chi connectivity index (χ0v) is 12.1. The Morgan fingerprint density at radius 2 is 2.15 bits per heavy atom. The summed E-state index contributed by atoms with van der Waals surface area (Å²) in [7, 11) is 0. The molecule has 4 heteroatoms. The molecule has 1 aliphatic carbocycles. The summed E-state index contributed by atoms with van der Waals surface area (Å²) in [5, 5.41) is 13.2. The Morgan fingerprint density at radius 1 is 1.35 bits per heavy atom. The molecule has 1 saturated carbocycles. The molecule has 2 aromatic rings. The molecule has 108 valence electrons. The number of imidazole rings is 1. The lowest BCUT2D eigenvalue weighted by atomic mass is 9.87. The van der Waals surface area contributed by atoms with Gasteiger partial charge in [0.2, 0.25) is 0 Å². The normalized spacial score (nSPS) is 17.9.